The highest BCUT2D eigenvalue weighted by Crippen LogP contribution is 2.29. The van der Waals surface area contributed by atoms with Crippen molar-refractivity contribution in [3.63, 3.8) is 0 Å². The van der Waals surface area contributed by atoms with E-state index in [1.165, 1.54) is 0 Å². The Kier molecular flexibility index (Phi) is 3.03. The van der Waals surface area contributed by atoms with E-state index >= 15 is 0 Å². The van der Waals surface area contributed by atoms with Crippen LogP contribution in [0.2, 0.25) is 0 Å². The Morgan fingerprint density at radius 2 is 2.00 bits per heavy atom. The normalized spacial score (nSPS) is 10.6. The predicted molar refractivity (Wildman–Crippen MR) is 66.3 cm³/mol. The number of aromatic nitrogens is 1. The molecular formula is C13H12ClNO2. The fraction of sp³-hybridized carbons (Fsp3) is 0.231. The summed E-state index contributed by atoms with van der Waals surface area (Å²) in [5.74, 6) is 0.445. The third-order valence-electron chi connectivity index (χ3n) is 2.71. The van der Waals surface area contributed by atoms with Gasteiger partial charge < -0.3 is 4.52 Å². The number of carbonyl (C=O) groups is 1. The molecule has 0 fully saturated rings. The van der Waals surface area contributed by atoms with E-state index in [-0.39, 0.29) is 0 Å². The van der Waals surface area contributed by atoms with E-state index < -0.39 is 5.24 Å². The zero-order chi connectivity index (χ0) is 12.6. The molecule has 1 aromatic heterocycles. The van der Waals surface area contributed by atoms with Gasteiger partial charge in [0.2, 0.25) is 0 Å². The first-order chi connectivity index (χ1) is 8.00. The first-order valence-electron chi connectivity index (χ1n) is 5.24. The first kappa shape index (κ1) is 11.9. The molecule has 0 radical (unpaired) electrons. The van der Waals surface area contributed by atoms with Gasteiger partial charge in [-0.3, -0.25) is 4.79 Å². The van der Waals surface area contributed by atoms with Crippen molar-refractivity contribution >= 4 is 16.8 Å². The molecule has 0 spiro atoms. The summed E-state index contributed by atoms with van der Waals surface area (Å²) in [6, 6.07) is 5.96. The van der Waals surface area contributed by atoms with Crippen LogP contribution in [0.5, 0.6) is 0 Å². The molecule has 88 valence electrons. The van der Waals surface area contributed by atoms with E-state index in [0.717, 1.165) is 16.7 Å². The molecule has 2 rings (SSSR count). The first-order valence-corrected chi connectivity index (χ1v) is 5.62. The Balaban J connectivity index is 2.68. The van der Waals surface area contributed by atoms with E-state index in [4.69, 9.17) is 16.1 Å². The monoisotopic (exact) mass is 249 g/mol. The molecule has 0 aliphatic carbocycles. The maximum atomic E-state index is 11.4. The second-order valence-corrected chi connectivity index (χ2v) is 4.40. The van der Waals surface area contributed by atoms with Crippen molar-refractivity contribution in [1.29, 1.82) is 0 Å². The van der Waals surface area contributed by atoms with Crippen molar-refractivity contribution in [2.45, 2.75) is 20.8 Å². The molecule has 17 heavy (non-hydrogen) atoms. The highest BCUT2D eigenvalue weighted by atomic mass is 35.5. The minimum absolute atomic E-state index is 0.348. The van der Waals surface area contributed by atoms with Crippen LogP contribution in [0.3, 0.4) is 0 Å². The molecule has 4 heteroatoms. The highest BCUT2D eigenvalue weighted by molar-refractivity contribution is 6.68. The average molecular weight is 250 g/mol. The number of hydrogen-bond donors (Lipinski definition) is 0. The minimum atomic E-state index is -0.542. The number of halogens is 1. The number of rotatable bonds is 2. The lowest BCUT2D eigenvalue weighted by Gasteiger charge is -2.04. The molecule has 0 saturated heterocycles. The molecule has 0 bridgehead atoms. The summed E-state index contributed by atoms with van der Waals surface area (Å²) in [5.41, 5.74) is 3.87. The summed E-state index contributed by atoms with van der Waals surface area (Å²) in [7, 11) is 0. The van der Waals surface area contributed by atoms with E-state index in [2.05, 4.69) is 5.16 Å². The van der Waals surface area contributed by atoms with Crippen LogP contribution in [-0.2, 0) is 0 Å². The van der Waals surface area contributed by atoms with Gasteiger partial charge in [0, 0.05) is 5.56 Å². The Morgan fingerprint density at radius 1 is 1.29 bits per heavy atom. The summed E-state index contributed by atoms with van der Waals surface area (Å²) in [5, 5.41) is 3.39. The third kappa shape index (κ3) is 2.11. The molecule has 0 aliphatic heterocycles. The topological polar surface area (TPSA) is 43.1 Å². The molecule has 2 aromatic rings. The lowest BCUT2D eigenvalue weighted by atomic mass is 10.00. The molecule has 0 amide bonds. The van der Waals surface area contributed by atoms with Crippen molar-refractivity contribution < 1.29 is 9.32 Å². The maximum absolute atomic E-state index is 11.4. The molecule has 3 nitrogen and oxygen atoms in total. The van der Waals surface area contributed by atoms with Gasteiger partial charge in [0.15, 0.2) is 0 Å². The number of carbonyl (C=O) groups excluding carboxylic acids is 1. The van der Waals surface area contributed by atoms with Gasteiger partial charge in [-0.25, -0.2) is 0 Å². The second kappa shape index (κ2) is 4.34. The van der Waals surface area contributed by atoms with Crippen molar-refractivity contribution in [2.24, 2.45) is 0 Å². The Morgan fingerprint density at radius 3 is 2.65 bits per heavy atom. The van der Waals surface area contributed by atoms with Gasteiger partial charge in [0.25, 0.3) is 5.24 Å². The van der Waals surface area contributed by atoms with Gasteiger partial charge in [-0.2, -0.15) is 0 Å². The van der Waals surface area contributed by atoms with E-state index in [9.17, 15) is 4.79 Å². The molecule has 0 N–H and O–H groups in total. The van der Waals surface area contributed by atoms with Crippen molar-refractivity contribution in [2.75, 3.05) is 0 Å². The maximum Gasteiger partial charge on any atom is 0.258 e. The fourth-order valence-electron chi connectivity index (χ4n) is 1.78. The molecule has 0 unspecified atom stereocenters. The van der Waals surface area contributed by atoms with Crippen LogP contribution < -0.4 is 0 Å². The summed E-state index contributed by atoms with van der Waals surface area (Å²) >= 11 is 5.56. The van der Waals surface area contributed by atoms with Gasteiger partial charge in [-0.1, -0.05) is 22.9 Å². The number of hydrogen-bond acceptors (Lipinski definition) is 3. The van der Waals surface area contributed by atoms with Crippen LogP contribution in [0.1, 0.15) is 27.2 Å². The second-order valence-electron chi connectivity index (χ2n) is 4.05. The van der Waals surface area contributed by atoms with Crippen LogP contribution in [0, 0.1) is 20.8 Å². The van der Waals surface area contributed by atoms with E-state index in [0.29, 0.717) is 17.0 Å². The molecule has 1 aromatic carbocycles. The van der Waals surface area contributed by atoms with Gasteiger partial charge in [-0.15, -0.1) is 0 Å². The summed E-state index contributed by atoms with van der Waals surface area (Å²) < 4.78 is 5.05. The van der Waals surface area contributed by atoms with Crippen molar-refractivity contribution in [3.8, 4) is 11.3 Å². The zero-order valence-electron chi connectivity index (χ0n) is 9.87. The molecular weight excluding hydrogens is 238 g/mol. The lowest BCUT2D eigenvalue weighted by molar-refractivity contribution is 0.108. The number of nitrogens with zero attached hydrogens (tertiary/aromatic N) is 1. The Labute approximate surface area is 104 Å². The zero-order valence-corrected chi connectivity index (χ0v) is 10.6. The highest BCUT2D eigenvalue weighted by Gasteiger charge is 2.21. The molecule has 0 atom stereocenters. The summed E-state index contributed by atoms with van der Waals surface area (Å²) in [6.07, 6.45) is 0. The Bertz CT molecular complexity index is 587. The molecule has 0 saturated carbocycles. The SMILES string of the molecule is Cc1ccc(C)c(-c2noc(C)c2C(=O)Cl)c1. The Hall–Kier alpha value is -1.61. The van der Waals surface area contributed by atoms with Gasteiger partial charge in [0.05, 0.1) is 0 Å². The van der Waals surface area contributed by atoms with E-state index in [1.54, 1.807) is 6.92 Å². The van der Waals surface area contributed by atoms with E-state index in [1.807, 2.05) is 32.0 Å². The van der Waals surface area contributed by atoms with Gasteiger partial charge >= 0.3 is 0 Å². The number of aryl methyl sites for hydroxylation is 3. The minimum Gasteiger partial charge on any atom is -0.360 e. The van der Waals surface area contributed by atoms with Crippen LogP contribution in [0.25, 0.3) is 11.3 Å². The molecule has 0 aliphatic rings. The van der Waals surface area contributed by atoms with Crippen LogP contribution in [0.15, 0.2) is 22.7 Å². The largest absolute Gasteiger partial charge is 0.360 e. The van der Waals surface area contributed by atoms with Crippen LogP contribution in [-0.4, -0.2) is 10.4 Å². The standard InChI is InChI=1S/C13H12ClNO2/c1-7-4-5-8(2)10(6-7)12-11(13(14)16)9(3)17-15-12/h4-6H,1-3H3. The van der Waals surface area contributed by atoms with Gasteiger partial charge in [0.1, 0.15) is 17.0 Å². The quantitative estimate of drug-likeness (QED) is 0.763. The predicted octanol–water partition coefficient (Wildman–Crippen LogP) is 3.65. The molecule has 1 heterocycles. The van der Waals surface area contributed by atoms with Crippen molar-refractivity contribution in [3.05, 3.63) is 40.6 Å². The third-order valence-corrected chi connectivity index (χ3v) is 2.90. The summed E-state index contributed by atoms with van der Waals surface area (Å²) in [4.78, 5) is 11.4. The van der Waals surface area contributed by atoms with Crippen LogP contribution in [0.4, 0.5) is 0 Å². The average Bonchev–Trinajstić information content (AvgIpc) is 2.64. The van der Waals surface area contributed by atoms with Gasteiger partial charge in [-0.05, 0) is 44.0 Å². The fourth-order valence-corrected chi connectivity index (χ4v) is 2.00. The van der Waals surface area contributed by atoms with Crippen molar-refractivity contribution in [1.82, 2.24) is 5.16 Å². The van der Waals surface area contributed by atoms with Crippen LogP contribution >= 0.6 is 11.6 Å². The number of benzene rings is 1. The lowest BCUT2D eigenvalue weighted by Crippen LogP contribution is -1.95. The smallest absolute Gasteiger partial charge is 0.258 e. The summed E-state index contributed by atoms with van der Waals surface area (Å²) in [6.45, 7) is 5.62.